The maximum absolute atomic E-state index is 5.90. The molecule has 0 aliphatic carbocycles. The first-order valence-corrected chi connectivity index (χ1v) is 5.11. The minimum Gasteiger partial charge on any atom is -0.360 e. The molecule has 3 heteroatoms. The number of nitrogens with two attached hydrogens (primary N) is 1. The van der Waals surface area contributed by atoms with E-state index in [0.717, 1.165) is 24.3 Å². The molecule has 0 spiro atoms. The van der Waals surface area contributed by atoms with Gasteiger partial charge in [-0.2, -0.15) is 0 Å². The van der Waals surface area contributed by atoms with Crippen LogP contribution >= 0.6 is 0 Å². The lowest BCUT2D eigenvalue weighted by atomic mass is 10.1. The van der Waals surface area contributed by atoms with Crippen LogP contribution in [0.1, 0.15) is 31.9 Å². The molecule has 0 aliphatic rings. The molecule has 14 heavy (non-hydrogen) atoms. The van der Waals surface area contributed by atoms with Gasteiger partial charge in [0.25, 0.3) is 0 Å². The van der Waals surface area contributed by atoms with Gasteiger partial charge in [0, 0.05) is 25.8 Å². The van der Waals surface area contributed by atoms with Crippen molar-refractivity contribution in [3.05, 3.63) is 23.9 Å². The molecule has 0 amide bonds. The van der Waals surface area contributed by atoms with Crippen LogP contribution < -0.4 is 10.6 Å². The molecule has 1 aromatic heterocycles. The summed E-state index contributed by atoms with van der Waals surface area (Å²) in [7, 11) is 2.03. The van der Waals surface area contributed by atoms with Gasteiger partial charge in [0.15, 0.2) is 0 Å². The quantitative estimate of drug-likeness (QED) is 0.794. The second-order valence-corrected chi connectivity index (χ2v) is 3.48. The Morgan fingerprint density at radius 3 is 2.57 bits per heavy atom. The summed E-state index contributed by atoms with van der Waals surface area (Å²) in [6.45, 7) is 5.15. The predicted octanol–water partition coefficient (Wildman–Crippen LogP) is 1.95. The van der Waals surface area contributed by atoms with Gasteiger partial charge in [-0.1, -0.05) is 13.0 Å². The van der Waals surface area contributed by atoms with E-state index >= 15 is 0 Å². The lowest BCUT2D eigenvalue weighted by Crippen LogP contribution is -2.17. The number of hydrogen-bond donors (Lipinski definition) is 1. The summed E-state index contributed by atoms with van der Waals surface area (Å²) in [6, 6.07) is 4.19. The van der Waals surface area contributed by atoms with Crippen molar-refractivity contribution >= 4 is 5.82 Å². The van der Waals surface area contributed by atoms with E-state index in [0.29, 0.717) is 0 Å². The zero-order valence-corrected chi connectivity index (χ0v) is 9.20. The molecule has 78 valence electrons. The average molecular weight is 193 g/mol. The van der Waals surface area contributed by atoms with Gasteiger partial charge in [-0.25, -0.2) is 4.98 Å². The van der Waals surface area contributed by atoms with E-state index < -0.39 is 0 Å². The van der Waals surface area contributed by atoms with E-state index in [-0.39, 0.29) is 6.04 Å². The fourth-order valence-corrected chi connectivity index (χ4v) is 1.24. The molecule has 0 saturated heterocycles. The Bertz CT molecular complexity index is 239. The monoisotopic (exact) mass is 193 g/mol. The van der Waals surface area contributed by atoms with Crippen molar-refractivity contribution in [1.29, 1.82) is 0 Å². The Morgan fingerprint density at radius 2 is 2.14 bits per heavy atom. The highest BCUT2D eigenvalue weighted by molar-refractivity contribution is 5.38. The standard InChI is InChI=1S/C11H19N3/c1-4-10(12)9-6-7-11(13-8-9)14(3)5-2/h6-8,10H,4-5,12H2,1-3H3/t10-/m0/s1. The van der Waals surface area contributed by atoms with Gasteiger partial charge in [0.1, 0.15) is 5.82 Å². The molecule has 1 rings (SSSR count). The van der Waals surface area contributed by atoms with E-state index in [1.807, 2.05) is 19.3 Å². The molecule has 1 atom stereocenters. The van der Waals surface area contributed by atoms with Crippen molar-refractivity contribution < 1.29 is 0 Å². The third-order valence-electron chi connectivity index (χ3n) is 2.50. The zero-order chi connectivity index (χ0) is 10.6. The van der Waals surface area contributed by atoms with Gasteiger partial charge >= 0.3 is 0 Å². The van der Waals surface area contributed by atoms with Gasteiger partial charge < -0.3 is 10.6 Å². The SMILES string of the molecule is CC[C@H](N)c1ccc(N(C)CC)nc1. The largest absolute Gasteiger partial charge is 0.360 e. The molecule has 0 saturated carbocycles. The number of rotatable bonds is 4. The first-order chi connectivity index (χ1) is 6.69. The number of aromatic nitrogens is 1. The van der Waals surface area contributed by atoms with Crippen LogP contribution in [-0.2, 0) is 0 Å². The fourth-order valence-electron chi connectivity index (χ4n) is 1.24. The zero-order valence-electron chi connectivity index (χ0n) is 9.20. The van der Waals surface area contributed by atoms with E-state index in [4.69, 9.17) is 5.73 Å². The minimum atomic E-state index is 0.114. The number of hydrogen-bond acceptors (Lipinski definition) is 3. The van der Waals surface area contributed by atoms with Crippen molar-refractivity contribution in [2.24, 2.45) is 5.73 Å². The number of pyridine rings is 1. The van der Waals surface area contributed by atoms with Gasteiger partial charge in [-0.05, 0) is 25.0 Å². The Labute approximate surface area is 85.9 Å². The first-order valence-electron chi connectivity index (χ1n) is 5.11. The second-order valence-electron chi connectivity index (χ2n) is 3.48. The lowest BCUT2D eigenvalue weighted by molar-refractivity contribution is 0.695. The van der Waals surface area contributed by atoms with Crippen molar-refractivity contribution in [3.8, 4) is 0 Å². The summed E-state index contributed by atoms with van der Waals surface area (Å²) in [4.78, 5) is 6.46. The Morgan fingerprint density at radius 1 is 1.43 bits per heavy atom. The van der Waals surface area contributed by atoms with Crippen molar-refractivity contribution in [2.75, 3.05) is 18.5 Å². The summed E-state index contributed by atoms with van der Waals surface area (Å²) in [6.07, 6.45) is 2.82. The van der Waals surface area contributed by atoms with E-state index in [2.05, 4.69) is 29.8 Å². The lowest BCUT2D eigenvalue weighted by Gasteiger charge is -2.16. The van der Waals surface area contributed by atoms with E-state index in [9.17, 15) is 0 Å². The maximum Gasteiger partial charge on any atom is 0.128 e. The molecule has 2 N–H and O–H groups in total. The topological polar surface area (TPSA) is 42.1 Å². The molecule has 0 aliphatic heterocycles. The second kappa shape index (κ2) is 4.96. The first kappa shape index (κ1) is 11.0. The average Bonchev–Trinajstić information content (AvgIpc) is 2.27. The minimum absolute atomic E-state index is 0.114. The molecular formula is C11H19N3. The fraction of sp³-hybridized carbons (Fsp3) is 0.545. The molecular weight excluding hydrogens is 174 g/mol. The van der Waals surface area contributed by atoms with E-state index in [1.54, 1.807) is 0 Å². The van der Waals surface area contributed by atoms with Crippen molar-refractivity contribution in [2.45, 2.75) is 26.3 Å². The predicted molar refractivity (Wildman–Crippen MR) is 60.4 cm³/mol. The highest BCUT2D eigenvalue weighted by Crippen LogP contribution is 2.15. The number of anilines is 1. The van der Waals surface area contributed by atoms with Gasteiger partial charge in [-0.15, -0.1) is 0 Å². The molecule has 0 aromatic carbocycles. The number of nitrogens with zero attached hydrogens (tertiary/aromatic N) is 2. The van der Waals surface area contributed by atoms with Crippen LogP contribution in [0.4, 0.5) is 5.82 Å². The van der Waals surface area contributed by atoms with Gasteiger partial charge in [-0.3, -0.25) is 0 Å². The summed E-state index contributed by atoms with van der Waals surface area (Å²) < 4.78 is 0. The highest BCUT2D eigenvalue weighted by Gasteiger charge is 2.04. The molecule has 1 aromatic rings. The summed E-state index contributed by atoms with van der Waals surface area (Å²) >= 11 is 0. The van der Waals surface area contributed by atoms with Gasteiger partial charge in [0.2, 0.25) is 0 Å². The van der Waals surface area contributed by atoms with Crippen LogP contribution in [-0.4, -0.2) is 18.6 Å². The van der Waals surface area contributed by atoms with E-state index in [1.165, 1.54) is 0 Å². The van der Waals surface area contributed by atoms with Crippen LogP contribution in [0.25, 0.3) is 0 Å². The summed E-state index contributed by atoms with van der Waals surface area (Å²) in [5, 5.41) is 0. The molecule has 1 heterocycles. The smallest absolute Gasteiger partial charge is 0.128 e. The maximum atomic E-state index is 5.90. The van der Waals surface area contributed by atoms with Crippen LogP contribution in [0.2, 0.25) is 0 Å². The normalized spacial score (nSPS) is 12.6. The van der Waals surface area contributed by atoms with Crippen LogP contribution in [0.15, 0.2) is 18.3 Å². The van der Waals surface area contributed by atoms with Crippen molar-refractivity contribution in [3.63, 3.8) is 0 Å². The Hall–Kier alpha value is -1.09. The highest BCUT2D eigenvalue weighted by atomic mass is 15.1. The Balaban J connectivity index is 2.78. The molecule has 0 fully saturated rings. The molecule has 0 unspecified atom stereocenters. The van der Waals surface area contributed by atoms with Crippen LogP contribution in [0.5, 0.6) is 0 Å². The third-order valence-corrected chi connectivity index (χ3v) is 2.50. The van der Waals surface area contributed by atoms with Crippen LogP contribution in [0, 0.1) is 0 Å². The van der Waals surface area contributed by atoms with Gasteiger partial charge in [0.05, 0.1) is 0 Å². The third kappa shape index (κ3) is 2.45. The summed E-state index contributed by atoms with van der Waals surface area (Å²) in [5.74, 6) is 1.000. The molecule has 0 bridgehead atoms. The van der Waals surface area contributed by atoms with Crippen LogP contribution in [0.3, 0.4) is 0 Å². The molecule has 0 radical (unpaired) electrons. The molecule has 3 nitrogen and oxygen atoms in total. The Kier molecular flexibility index (Phi) is 3.89. The van der Waals surface area contributed by atoms with Crippen molar-refractivity contribution in [1.82, 2.24) is 4.98 Å². The summed E-state index contributed by atoms with van der Waals surface area (Å²) in [5.41, 5.74) is 7.01.